The third-order valence-electron chi connectivity index (χ3n) is 2.52. The molecule has 1 aromatic heterocycles. The summed E-state index contributed by atoms with van der Waals surface area (Å²) in [5, 5.41) is 1.27. The Bertz CT molecular complexity index is 481. The topological polar surface area (TPSA) is 26.3 Å². The van der Waals surface area contributed by atoms with E-state index in [1.54, 1.807) is 11.3 Å². The van der Waals surface area contributed by atoms with E-state index in [0.29, 0.717) is 6.29 Å². The van der Waals surface area contributed by atoms with Gasteiger partial charge >= 0.3 is 0 Å². The zero-order valence-corrected chi connectivity index (χ0v) is 10.8. The molecule has 3 heteroatoms. The minimum absolute atomic E-state index is 0.345. The average molecular weight is 247 g/mol. The van der Waals surface area contributed by atoms with Crippen molar-refractivity contribution in [2.75, 3.05) is 0 Å². The number of carbonyl (C=O) groups is 1. The molecule has 2 aromatic rings. The summed E-state index contributed by atoms with van der Waals surface area (Å²) < 4.78 is 6.68. The third-order valence-corrected chi connectivity index (χ3v) is 3.64. The summed E-state index contributed by atoms with van der Waals surface area (Å²) in [6.45, 7) is 5.18. The predicted octanol–water partition coefficient (Wildman–Crippen LogP) is 3.60. The first-order valence-electron chi connectivity index (χ1n) is 5.53. The number of thiophene rings is 1. The van der Waals surface area contributed by atoms with E-state index in [0.717, 1.165) is 6.42 Å². The summed E-state index contributed by atoms with van der Waals surface area (Å²) in [5.41, 5.74) is -0.345. The summed E-state index contributed by atoms with van der Waals surface area (Å²) in [4.78, 5) is 11.5. The van der Waals surface area contributed by atoms with Gasteiger partial charge in [-0.05, 0) is 31.4 Å². The number of hydrogen-bond donors (Lipinski definition) is 0. The first-order chi connectivity index (χ1) is 8.11. The van der Waals surface area contributed by atoms with Crippen LogP contribution in [0.5, 0.6) is 0 Å². The van der Waals surface area contributed by atoms with Gasteiger partial charge in [0.05, 0.1) is 5.60 Å². The van der Waals surface area contributed by atoms with Crippen LogP contribution in [0.4, 0.5) is 0 Å². The molecule has 2 rings (SSSR count). The van der Waals surface area contributed by atoms with Crippen LogP contribution in [0.15, 0.2) is 30.3 Å². The average Bonchev–Trinajstić information content (AvgIpc) is 2.67. The summed E-state index contributed by atoms with van der Waals surface area (Å²) in [5.74, 6) is 0. The molecule has 0 N–H and O–H groups in total. The van der Waals surface area contributed by atoms with Crippen molar-refractivity contribution in [3.63, 3.8) is 0 Å². The Morgan fingerprint density at radius 3 is 2.82 bits per heavy atom. The van der Waals surface area contributed by atoms with E-state index in [2.05, 4.69) is 18.2 Å². The van der Waals surface area contributed by atoms with Crippen LogP contribution in [0.25, 0.3) is 10.1 Å². The number of fused-ring (bicyclic) bond motifs is 1. The Kier molecular flexibility index (Phi) is 3.60. The number of rotatable bonds is 5. The van der Waals surface area contributed by atoms with Gasteiger partial charge in [0.25, 0.3) is 0 Å². The molecule has 0 bridgehead atoms. The smallest absolute Gasteiger partial charge is 0.151 e. The maximum atomic E-state index is 10.3. The molecule has 1 heterocycles. The first-order valence-corrected chi connectivity index (χ1v) is 6.35. The summed E-state index contributed by atoms with van der Waals surface area (Å²) in [6, 6.07) is 10.5. The molecule has 0 saturated carbocycles. The van der Waals surface area contributed by atoms with Crippen LogP contribution >= 0.6 is 11.3 Å². The normalized spacial score (nSPS) is 11.9. The van der Waals surface area contributed by atoms with Crippen LogP contribution in [0.2, 0.25) is 0 Å². The van der Waals surface area contributed by atoms with Gasteiger partial charge in [-0.2, -0.15) is 0 Å². The fraction of sp³-hybridized carbons (Fsp3) is 0.286. The fourth-order valence-electron chi connectivity index (χ4n) is 1.80. The third kappa shape index (κ3) is 3.14. The molecule has 0 spiro atoms. The summed E-state index contributed by atoms with van der Waals surface area (Å²) in [7, 11) is 0. The summed E-state index contributed by atoms with van der Waals surface area (Å²) >= 11 is 1.78. The molecule has 0 unspecified atom stereocenters. The lowest BCUT2D eigenvalue weighted by Crippen LogP contribution is -2.26. The zero-order chi connectivity index (χ0) is 12.3. The minimum Gasteiger partial charge on any atom is -0.361 e. The highest BCUT2D eigenvalue weighted by Gasteiger charge is 2.20. The number of benzene rings is 1. The Hall–Kier alpha value is -1.19. The molecule has 0 saturated heterocycles. The zero-order valence-electron chi connectivity index (χ0n) is 9.97. The minimum atomic E-state index is -0.345. The molecule has 0 amide bonds. The predicted molar refractivity (Wildman–Crippen MR) is 71.1 cm³/mol. The maximum Gasteiger partial charge on any atom is 0.151 e. The van der Waals surface area contributed by atoms with Crippen LogP contribution in [0, 0.1) is 6.61 Å². The van der Waals surface area contributed by atoms with Crippen molar-refractivity contribution < 1.29 is 9.53 Å². The monoisotopic (exact) mass is 247 g/mol. The molecule has 0 fully saturated rings. The highest BCUT2D eigenvalue weighted by Crippen LogP contribution is 2.29. The van der Waals surface area contributed by atoms with Gasteiger partial charge in [0.15, 0.2) is 6.29 Å². The largest absolute Gasteiger partial charge is 0.361 e. The Balaban J connectivity index is 2.14. The van der Waals surface area contributed by atoms with Crippen molar-refractivity contribution >= 4 is 27.7 Å². The van der Waals surface area contributed by atoms with E-state index in [1.165, 1.54) is 21.6 Å². The van der Waals surface area contributed by atoms with Gasteiger partial charge in [0, 0.05) is 16.0 Å². The van der Waals surface area contributed by atoms with Crippen LogP contribution in [-0.4, -0.2) is 11.9 Å². The van der Waals surface area contributed by atoms with Gasteiger partial charge in [0.1, 0.15) is 6.61 Å². The van der Waals surface area contributed by atoms with Crippen molar-refractivity contribution in [1.29, 1.82) is 0 Å². The Morgan fingerprint density at radius 1 is 1.35 bits per heavy atom. The van der Waals surface area contributed by atoms with E-state index in [4.69, 9.17) is 4.74 Å². The maximum absolute atomic E-state index is 10.3. The second-order valence-corrected chi connectivity index (χ2v) is 5.75. The van der Waals surface area contributed by atoms with Gasteiger partial charge < -0.3 is 9.53 Å². The molecule has 89 valence electrons. The molecule has 0 aliphatic heterocycles. The van der Waals surface area contributed by atoms with Crippen LogP contribution < -0.4 is 0 Å². The van der Waals surface area contributed by atoms with Crippen molar-refractivity contribution in [3.05, 3.63) is 41.8 Å². The van der Waals surface area contributed by atoms with Gasteiger partial charge in [0.2, 0.25) is 0 Å². The van der Waals surface area contributed by atoms with Crippen LogP contribution in [0.1, 0.15) is 18.7 Å². The van der Waals surface area contributed by atoms with Crippen molar-refractivity contribution in [1.82, 2.24) is 0 Å². The number of ether oxygens (including phenoxy) is 1. The van der Waals surface area contributed by atoms with Crippen molar-refractivity contribution in [2.45, 2.75) is 25.9 Å². The van der Waals surface area contributed by atoms with Crippen LogP contribution in [-0.2, 0) is 16.0 Å². The second kappa shape index (κ2) is 4.98. The van der Waals surface area contributed by atoms with Gasteiger partial charge in [-0.25, -0.2) is 0 Å². The van der Waals surface area contributed by atoms with Gasteiger partial charge in [-0.3, -0.25) is 0 Å². The Labute approximate surface area is 105 Å². The van der Waals surface area contributed by atoms with E-state index in [-0.39, 0.29) is 5.60 Å². The standard InChI is InChI=1S/C14H15O2S/c1-14(2,16-8-7-15)10-12-9-11-5-3-4-6-13(11)17-12/h3-9H,10H2,1-2H3. The summed E-state index contributed by atoms with van der Waals surface area (Å²) in [6.07, 6.45) is 1.48. The van der Waals surface area contributed by atoms with Crippen LogP contribution in [0.3, 0.4) is 0 Å². The lowest BCUT2D eigenvalue weighted by Gasteiger charge is -2.22. The van der Waals surface area contributed by atoms with Gasteiger partial charge in [-0.1, -0.05) is 18.2 Å². The second-order valence-electron chi connectivity index (χ2n) is 4.58. The number of carbonyl (C=O) groups excluding carboxylic acids is 1. The molecule has 1 radical (unpaired) electrons. The molecule has 0 aliphatic carbocycles. The van der Waals surface area contributed by atoms with E-state index in [1.807, 2.05) is 26.0 Å². The SMILES string of the molecule is CC(C)(Cc1cc2ccccc2s1)O[CH]C=O. The number of hydrogen-bond acceptors (Lipinski definition) is 3. The lowest BCUT2D eigenvalue weighted by atomic mass is 10.0. The quantitative estimate of drug-likeness (QED) is 0.755. The molecular formula is C14H15O2S. The number of aldehydes is 1. The van der Waals surface area contributed by atoms with Crippen molar-refractivity contribution in [2.24, 2.45) is 0 Å². The van der Waals surface area contributed by atoms with Gasteiger partial charge in [-0.15, -0.1) is 11.3 Å². The highest BCUT2D eigenvalue weighted by atomic mass is 32.1. The molecule has 0 atom stereocenters. The molecular weight excluding hydrogens is 232 g/mol. The first kappa shape index (κ1) is 12.3. The lowest BCUT2D eigenvalue weighted by molar-refractivity contribution is -0.111. The molecule has 2 nitrogen and oxygen atoms in total. The fourth-order valence-corrected chi connectivity index (χ4v) is 3.08. The Morgan fingerprint density at radius 2 is 2.12 bits per heavy atom. The van der Waals surface area contributed by atoms with E-state index >= 15 is 0 Å². The highest BCUT2D eigenvalue weighted by molar-refractivity contribution is 7.19. The van der Waals surface area contributed by atoms with E-state index < -0.39 is 0 Å². The molecule has 0 aliphatic rings. The van der Waals surface area contributed by atoms with Crippen molar-refractivity contribution in [3.8, 4) is 0 Å². The molecule has 17 heavy (non-hydrogen) atoms. The van der Waals surface area contributed by atoms with E-state index in [9.17, 15) is 4.79 Å². The molecule has 1 aromatic carbocycles.